The Morgan fingerprint density at radius 1 is 1.23 bits per heavy atom. The molecule has 6 heteroatoms. The minimum atomic E-state index is -0.453. The highest BCUT2D eigenvalue weighted by Gasteiger charge is 2.11. The molecule has 0 saturated heterocycles. The molecule has 1 heterocycles. The van der Waals surface area contributed by atoms with E-state index < -0.39 is 17.6 Å². The average molecular weight is 299 g/mol. The van der Waals surface area contributed by atoms with Gasteiger partial charge < -0.3 is 10.6 Å². The second-order valence-corrected chi connectivity index (χ2v) is 4.39. The molecule has 0 aliphatic heterocycles. The molecule has 0 aliphatic carbocycles. The summed E-state index contributed by atoms with van der Waals surface area (Å²) in [5.74, 6) is -1.30. The zero-order valence-electron chi connectivity index (χ0n) is 11.7. The van der Waals surface area contributed by atoms with Crippen molar-refractivity contribution in [3.05, 3.63) is 72.3 Å². The SMILES string of the molecule is C=CCNC(=O)c1cc(C(=O)Nc2cccc(F)c2)ccn1. The Bertz CT molecular complexity index is 716. The minimum Gasteiger partial charge on any atom is -0.347 e. The number of aromatic nitrogens is 1. The van der Waals surface area contributed by atoms with Gasteiger partial charge in [0.2, 0.25) is 0 Å². The number of hydrogen-bond acceptors (Lipinski definition) is 3. The molecule has 0 atom stereocenters. The number of benzene rings is 1. The van der Waals surface area contributed by atoms with E-state index in [0.717, 1.165) is 0 Å². The van der Waals surface area contributed by atoms with Crippen LogP contribution in [0.2, 0.25) is 0 Å². The molecule has 0 radical (unpaired) electrons. The molecule has 1 aromatic carbocycles. The van der Waals surface area contributed by atoms with E-state index in [1.165, 1.54) is 36.5 Å². The van der Waals surface area contributed by atoms with Gasteiger partial charge in [0.15, 0.2) is 0 Å². The number of pyridine rings is 1. The third kappa shape index (κ3) is 3.99. The van der Waals surface area contributed by atoms with Crippen molar-refractivity contribution in [3.8, 4) is 0 Å². The summed E-state index contributed by atoms with van der Waals surface area (Å²) < 4.78 is 13.1. The fourth-order valence-corrected chi connectivity index (χ4v) is 1.72. The minimum absolute atomic E-state index is 0.119. The van der Waals surface area contributed by atoms with Gasteiger partial charge in [0.05, 0.1) is 0 Å². The van der Waals surface area contributed by atoms with E-state index in [2.05, 4.69) is 22.2 Å². The van der Waals surface area contributed by atoms with Crippen LogP contribution < -0.4 is 10.6 Å². The molecule has 0 fully saturated rings. The summed E-state index contributed by atoms with van der Waals surface area (Å²) >= 11 is 0. The quantitative estimate of drug-likeness (QED) is 0.833. The molecule has 22 heavy (non-hydrogen) atoms. The molecule has 2 N–H and O–H groups in total. The number of anilines is 1. The lowest BCUT2D eigenvalue weighted by atomic mass is 10.2. The van der Waals surface area contributed by atoms with Crippen LogP contribution in [0.4, 0.5) is 10.1 Å². The first-order valence-electron chi connectivity index (χ1n) is 6.52. The standard InChI is InChI=1S/C16H14FN3O2/c1-2-7-19-16(22)14-9-11(6-8-18-14)15(21)20-13-5-3-4-12(17)10-13/h2-6,8-10H,1,7H2,(H,19,22)(H,20,21). The van der Waals surface area contributed by atoms with E-state index >= 15 is 0 Å². The molecule has 0 unspecified atom stereocenters. The second kappa shape index (κ2) is 7.12. The van der Waals surface area contributed by atoms with Crippen LogP contribution in [0.1, 0.15) is 20.8 Å². The number of nitrogens with zero attached hydrogens (tertiary/aromatic N) is 1. The van der Waals surface area contributed by atoms with Crippen LogP contribution in [0, 0.1) is 5.82 Å². The number of carbonyl (C=O) groups excluding carboxylic acids is 2. The summed E-state index contributed by atoms with van der Waals surface area (Å²) in [5, 5.41) is 5.12. The molecule has 0 aliphatic rings. The molecule has 0 spiro atoms. The average Bonchev–Trinajstić information content (AvgIpc) is 2.52. The number of halogens is 1. The smallest absolute Gasteiger partial charge is 0.270 e. The highest BCUT2D eigenvalue weighted by Crippen LogP contribution is 2.11. The summed E-state index contributed by atoms with van der Waals surface area (Å²) in [7, 11) is 0. The van der Waals surface area contributed by atoms with Crippen LogP contribution in [-0.2, 0) is 0 Å². The molecule has 2 amide bonds. The van der Waals surface area contributed by atoms with Crippen LogP contribution in [0.3, 0.4) is 0 Å². The van der Waals surface area contributed by atoms with E-state index in [9.17, 15) is 14.0 Å². The number of amides is 2. The van der Waals surface area contributed by atoms with Gasteiger partial charge >= 0.3 is 0 Å². The Hall–Kier alpha value is -3.02. The molecule has 0 bridgehead atoms. The van der Waals surface area contributed by atoms with Gasteiger partial charge in [0.25, 0.3) is 11.8 Å². The highest BCUT2D eigenvalue weighted by atomic mass is 19.1. The summed E-state index contributed by atoms with van der Waals surface area (Å²) in [6, 6.07) is 8.39. The fourth-order valence-electron chi connectivity index (χ4n) is 1.72. The van der Waals surface area contributed by atoms with Gasteiger partial charge in [0.1, 0.15) is 11.5 Å². The molecule has 112 valence electrons. The molecular weight excluding hydrogens is 285 g/mol. The highest BCUT2D eigenvalue weighted by molar-refractivity contribution is 6.05. The molecule has 0 saturated carbocycles. The molecule has 5 nitrogen and oxygen atoms in total. The Balaban J connectivity index is 2.13. The first kappa shape index (κ1) is 15.4. The summed E-state index contributed by atoms with van der Waals surface area (Å²) in [5.41, 5.74) is 0.705. The van der Waals surface area contributed by atoms with Crippen molar-refractivity contribution in [1.29, 1.82) is 0 Å². The van der Waals surface area contributed by atoms with E-state index in [4.69, 9.17) is 0 Å². The van der Waals surface area contributed by atoms with E-state index in [-0.39, 0.29) is 11.3 Å². The number of rotatable bonds is 5. The van der Waals surface area contributed by atoms with Crippen molar-refractivity contribution in [2.24, 2.45) is 0 Å². The fraction of sp³-hybridized carbons (Fsp3) is 0.0625. The number of carbonyl (C=O) groups is 2. The van der Waals surface area contributed by atoms with Crippen molar-refractivity contribution >= 4 is 17.5 Å². The molecule has 1 aromatic heterocycles. The van der Waals surface area contributed by atoms with Gasteiger partial charge in [-0.2, -0.15) is 0 Å². The van der Waals surface area contributed by atoms with Crippen molar-refractivity contribution in [3.63, 3.8) is 0 Å². The maximum Gasteiger partial charge on any atom is 0.270 e. The summed E-state index contributed by atoms with van der Waals surface area (Å²) in [4.78, 5) is 27.8. The van der Waals surface area contributed by atoms with Crippen molar-refractivity contribution in [2.75, 3.05) is 11.9 Å². The predicted octanol–water partition coefficient (Wildman–Crippen LogP) is 2.39. The van der Waals surface area contributed by atoms with Crippen LogP contribution >= 0.6 is 0 Å². The third-order valence-electron chi connectivity index (χ3n) is 2.74. The molecule has 2 aromatic rings. The maximum atomic E-state index is 13.1. The van der Waals surface area contributed by atoms with Gasteiger partial charge in [-0.25, -0.2) is 4.39 Å². The normalized spacial score (nSPS) is 9.86. The first-order chi connectivity index (χ1) is 10.6. The van der Waals surface area contributed by atoms with Crippen LogP contribution in [0.15, 0.2) is 55.3 Å². The molecule has 2 rings (SSSR count). The van der Waals surface area contributed by atoms with Crippen molar-refractivity contribution < 1.29 is 14.0 Å². The Labute approximate surface area is 126 Å². The lowest BCUT2D eigenvalue weighted by Gasteiger charge is -2.07. The van der Waals surface area contributed by atoms with Gasteiger partial charge in [-0.05, 0) is 30.3 Å². The Morgan fingerprint density at radius 2 is 2.05 bits per heavy atom. The summed E-state index contributed by atoms with van der Waals surface area (Å²) in [6.45, 7) is 3.80. The van der Waals surface area contributed by atoms with Crippen molar-refractivity contribution in [1.82, 2.24) is 10.3 Å². The van der Waals surface area contributed by atoms with Gasteiger partial charge in [-0.1, -0.05) is 12.1 Å². The third-order valence-corrected chi connectivity index (χ3v) is 2.74. The largest absolute Gasteiger partial charge is 0.347 e. The van der Waals surface area contributed by atoms with E-state index in [1.807, 2.05) is 0 Å². The van der Waals surface area contributed by atoms with Gasteiger partial charge in [-0.15, -0.1) is 6.58 Å². The van der Waals surface area contributed by atoms with E-state index in [0.29, 0.717) is 12.2 Å². The van der Waals surface area contributed by atoms with Crippen LogP contribution in [-0.4, -0.2) is 23.3 Å². The summed E-state index contributed by atoms with van der Waals surface area (Å²) in [6.07, 6.45) is 2.90. The van der Waals surface area contributed by atoms with Gasteiger partial charge in [-0.3, -0.25) is 14.6 Å². The van der Waals surface area contributed by atoms with Gasteiger partial charge in [0, 0.05) is 24.0 Å². The zero-order valence-corrected chi connectivity index (χ0v) is 11.7. The Kier molecular flexibility index (Phi) is 4.98. The number of hydrogen-bond donors (Lipinski definition) is 2. The first-order valence-corrected chi connectivity index (χ1v) is 6.52. The van der Waals surface area contributed by atoms with Crippen LogP contribution in [0.25, 0.3) is 0 Å². The number of nitrogens with one attached hydrogen (secondary N) is 2. The lowest BCUT2D eigenvalue weighted by Crippen LogP contribution is -2.24. The van der Waals surface area contributed by atoms with Crippen LogP contribution in [0.5, 0.6) is 0 Å². The second-order valence-electron chi connectivity index (χ2n) is 4.39. The monoisotopic (exact) mass is 299 g/mol. The predicted molar refractivity (Wildman–Crippen MR) is 81.1 cm³/mol. The molecular formula is C16H14FN3O2. The Morgan fingerprint density at radius 3 is 2.77 bits per heavy atom. The lowest BCUT2D eigenvalue weighted by molar-refractivity contribution is 0.0953. The van der Waals surface area contributed by atoms with E-state index in [1.54, 1.807) is 12.1 Å². The van der Waals surface area contributed by atoms with Crippen molar-refractivity contribution in [2.45, 2.75) is 0 Å². The maximum absolute atomic E-state index is 13.1. The zero-order chi connectivity index (χ0) is 15.9. The topological polar surface area (TPSA) is 71.1 Å².